The van der Waals surface area contributed by atoms with Gasteiger partial charge in [-0.15, -0.1) is 0 Å². The first-order valence-electron chi connectivity index (χ1n) is 5.43. The molecule has 1 aromatic carbocycles. The fourth-order valence-electron chi connectivity index (χ4n) is 1.91. The summed E-state index contributed by atoms with van der Waals surface area (Å²) in [6.45, 7) is 3.29. The summed E-state index contributed by atoms with van der Waals surface area (Å²) in [6.07, 6.45) is 0. The lowest BCUT2D eigenvalue weighted by Gasteiger charge is -2.17. The summed E-state index contributed by atoms with van der Waals surface area (Å²) in [5.41, 5.74) is 1.99. The van der Waals surface area contributed by atoms with Gasteiger partial charge in [0.25, 0.3) is 0 Å². The molecule has 1 aromatic rings. The molecule has 2 rings (SSSR count). The summed E-state index contributed by atoms with van der Waals surface area (Å²) in [7, 11) is 0. The van der Waals surface area contributed by atoms with Crippen molar-refractivity contribution in [1.29, 1.82) is 0 Å². The van der Waals surface area contributed by atoms with Crippen molar-refractivity contribution < 1.29 is 14.7 Å². The summed E-state index contributed by atoms with van der Waals surface area (Å²) in [5, 5.41) is 12.1. The molecular weight excluding hydrogens is 220 g/mol. The molecule has 5 heteroatoms. The molecule has 0 saturated carbocycles. The highest BCUT2D eigenvalue weighted by Crippen LogP contribution is 2.21. The van der Waals surface area contributed by atoms with Gasteiger partial charge in [-0.2, -0.15) is 0 Å². The second kappa shape index (κ2) is 4.45. The zero-order chi connectivity index (χ0) is 12.4. The summed E-state index contributed by atoms with van der Waals surface area (Å²) >= 11 is 0. The minimum atomic E-state index is -0.952. The van der Waals surface area contributed by atoms with E-state index in [0.717, 1.165) is 11.3 Å². The van der Waals surface area contributed by atoms with E-state index in [2.05, 4.69) is 5.32 Å². The van der Waals surface area contributed by atoms with Crippen molar-refractivity contribution in [2.75, 3.05) is 18.4 Å². The van der Waals surface area contributed by atoms with Gasteiger partial charge in [-0.05, 0) is 23.8 Å². The van der Waals surface area contributed by atoms with Crippen molar-refractivity contribution in [2.45, 2.75) is 13.5 Å². The molecule has 17 heavy (non-hydrogen) atoms. The van der Waals surface area contributed by atoms with Gasteiger partial charge in [0.1, 0.15) is 0 Å². The summed E-state index contributed by atoms with van der Waals surface area (Å²) < 4.78 is 0. The molecule has 0 aromatic heterocycles. The Morgan fingerprint density at radius 2 is 2.18 bits per heavy atom. The van der Waals surface area contributed by atoms with Crippen LogP contribution in [0.5, 0.6) is 0 Å². The normalized spacial score (nSPS) is 14.5. The van der Waals surface area contributed by atoms with Gasteiger partial charge in [-0.25, -0.2) is 4.79 Å². The average Bonchev–Trinajstić information content (AvgIpc) is 2.49. The minimum Gasteiger partial charge on any atom is -0.478 e. The van der Waals surface area contributed by atoms with Crippen molar-refractivity contribution in [2.24, 2.45) is 0 Å². The molecule has 1 aliphatic rings. The van der Waals surface area contributed by atoms with Crippen LogP contribution in [0.1, 0.15) is 22.8 Å². The SMILES string of the molecule is CC(=O)N1CCNc2ccc(C(=O)O)cc2C1. The number of amides is 1. The van der Waals surface area contributed by atoms with Crippen LogP contribution in [0.15, 0.2) is 18.2 Å². The van der Waals surface area contributed by atoms with E-state index >= 15 is 0 Å². The maximum atomic E-state index is 11.4. The number of hydrogen-bond acceptors (Lipinski definition) is 3. The lowest BCUT2D eigenvalue weighted by molar-refractivity contribution is -0.129. The Balaban J connectivity index is 2.35. The van der Waals surface area contributed by atoms with Crippen LogP contribution < -0.4 is 5.32 Å². The van der Waals surface area contributed by atoms with Gasteiger partial charge in [-0.1, -0.05) is 0 Å². The highest BCUT2D eigenvalue weighted by molar-refractivity contribution is 5.88. The molecule has 0 aliphatic carbocycles. The molecule has 5 nitrogen and oxygen atoms in total. The number of carbonyl (C=O) groups is 2. The quantitative estimate of drug-likeness (QED) is 0.765. The molecule has 90 valence electrons. The molecule has 2 N–H and O–H groups in total. The monoisotopic (exact) mass is 234 g/mol. The largest absolute Gasteiger partial charge is 0.478 e. The first-order chi connectivity index (χ1) is 8.08. The molecule has 0 atom stereocenters. The first kappa shape index (κ1) is 11.4. The molecule has 0 spiro atoms. The van der Waals surface area contributed by atoms with Crippen molar-refractivity contribution in [3.8, 4) is 0 Å². The van der Waals surface area contributed by atoms with Crippen molar-refractivity contribution >= 4 is 17.6 Å². The predicted octanol–water partition coefficient (Wildman–Crippen LogP) is 1.16. The molecule has 1 amide bonds. The number of carboxylic acids is 1. The Morgan fingerprint density at radius 3 is 2.82 bits per heavy atom. The third-order valence-electron chi connectivity index (χ3n) is 2.86. The molecule has 0 saturated heterocycles. The van der Waals surface area contributed by atoms with Gasteiger partial charge in [0.2, 0.25) is 5.91 Å². The van der Waals surface area contributed by atoms with Crippen LogP contribution in [0.2, 0.25) is 0 Å². The molecule has 0 unspecified atom stereocenters. The van der Waals surface area contributed by atoms with Gasteiger partial charge in [0, 0.05) is 32.2 Å². The van der Waals surface area contributed by atoms with Crippen LogP contribution in [0.25, 0.3) is 0 Å². The number of aromatic carboxylic acids is 1. The summed E-state index contributed by atoms with van der Waals surface area (Å²) in [4.78, 5) is 23.9. The van der Waals surface area contributed by atoms with E-state index in [-0.39, 0.29) is 11.5 Å². The van der Waals surface area contributed by atoms with Gasteiger partial charge in [-0.3, -0.25) is 4.79 Å². The maximum Gasteiger partial charge on any atom is 0.335 e. The third kappa shape index (κ3) is 2.38. The van der Waals surface area contributed by atoms with E-state index < -0.39 is 5.97 Å². The minimum absolute atomic E-state index is 0.000350. The van der Waals surface area contributed by atoms with Crippen LogP contribution >= 0.6 is 0 Å². The van der Waals surface area contributed by atoms with Gasteiger partial charge < -0.3 is 15.3 Å². The number of carbonyl (C=O) groups excluding carboxylic acids is 1. The number of nitrogens with zero attached hydrogens (tertiary/aromatic N) is 1. The highest BCUT2D eigenvalue weighted by atomic mass is 16.4. The number of nitrogens with one attached hydrogen (secondary N) is 1. The highest BCUT2D eigenvalue weighted by Gasteiger charge is 2.17. The number of benzene rings is 1. The molecule has 1 heterocycles. The van der Waals surface area contributed by atoms with E-state index in [1.165, 1.54) is 6.92 Å². The zero-order valence-electron chi connectivity index (χ0n) is 9.56. The van der Waals surface area contributed by atoms with Gasteiger partial charge in [0.15, 0.2) is 0 Å². The molecular formula is C12H14N2O3. The van der Waals surface area contributed by atoms with Gasteiger partial charge in [0.05, 0.1) is 5.56 Å². The lowest BCUT2D eigenvalue weighted by Crippen LogP contribution is -2.30. The number of rotatable bonds is 1. The van der Waals surface area contributed by atoms with Crippen molar-refractivity contribution in [3.63, 3.8) is 0 Å². The Bertz CT molecular complexity index is 471. The standard InChI is InChI=1S/C12H14N2O3/c1-8(15)14-5-4-13-11-3-2-9(12(16)17)6-10(11)7-14/h2-3,6,13H,4-5,7H2,1H3,(H,16,17). The lowest BCUT2D eigenvalue weighted by atomic mass is 10.1. The smallest absolute Gasteiger partial charge is 0.335 e. The maximum absolute atomic E-state index is 11.4. The van der Waals surface area contributed by atoms with E-state index in [9.17, 15) is 9.59 Å². The number of carboxylic acid groups (broad SMARTS) is 1. The number of hydrogen-bond donors (Lipinski definition) is 2. The molecule has 0 bridgehead atoms. The molecule has 0 radical (unpaired) electrons. The predicted molar refractivity (Wildman–Crippen MR) is 63.0 cm³/mol. The molecule has 1 aliphatic heterocycles. The topological polar surface area (TPSA) is 69.6 Å². The average molecular weight is 234 g/mol. The van der Waals surface area contributed by atoms with Crippen LogP contribution in [0.4, 0.5) is 5.69 Å². The van der Waals surface area contributed by atoms with E-state index in [1.807, 2.05) is 0 Å². The Kier molecular flexibility index (Phi) is 2.99. The van der Waals surface area contributed by atoms with Crippen LogP contribution in [0.3, 0.4) is 0 Å². The number of anilines is 1. The fourth-order valence-corrected chi connectivity index (χ4v) is 1.91. The second-order valence-corrected chi connectivity index (χ2v) is 4.04. The summed E-state index contributed by atoms with van der Waals surface area (Å²) in [5.74, 6) is -0.952. The van der Waals surface area contributed by atoms with Gasteiger partial charge >= 0.3 is 5.97 Å². The Hall–Kier alpha value is -2.04. The Labute approximate surface area is 99.0 Å². The van der Waals surface area contributed by atoms with Crippen molar-refractivity contribution in [3.05, 3.63) is 29.3 Å². The second-order valence-electron chi connectivity index (χ2n) is 4.04. The van der Waals surface area contributed by atoms with Crippen LogP contribution in [-0.4, -0.2) is 35.0 Å². The van der Waals surface area contributed by atoms with Crippen molar-refractivity contribution in [1.82, 2.24) is 4.90 Å². The molecule has 0 fully saturated rings. The van der Waals surface area contributed by atoms with Crippen LogP contribution in [-0.2, 0) is 11.3 Å². The van der Waals surface area contributed by atoms with E-state index in [1.54, 1.807) is 23.1 Å². The van der Waals surface area contributed by atoms with E-state index in [0.29, 0.717) is 19.6 Å². The number of fused-ring (bicyclic) bond motifs is 1. The zero-order valence-corrected chi connectivity index (χ0v) is 9.56. The fraction of sp³-hybridized carbons (Fsp3) is 0.333. The summed E-state index contributed by atoms with van der Waals surface area (Å²) in [6, 6.07) is 4.94. The van der Waals surface area contributed by atoms with E-state index in [4.69, 9.17) is 5.11 Å². The Morgan fingerprint density at radius 1 is 1.41 bits per heavy atom. The third-order valence-corrected chi connectivity index (χ3v) is 2.86. The van der Waals surface area contributed by atoms with Crippen LogP contribution in [0, 0.1) is 0 Å². The first-order valence-corrected chi connectivity index (χ1v) is 5.43.